The van der Waals surface area contributed by atoms with E-state index >= 15 is 0 Å². The van der Waals surface area contributed by atoms with Gasteiger partial charge in [0.25, 0.3) is 0 Å². The average Bonchev–Trinajstić information content (AvgIpc) is 2.16. The Balaban J connectivity index is 2.55. The van der Waals surface area contributed by atoms with Gasteiger partial charge in [-0.3, -0.25) is 0 Å². The zero-order valence-electron chi connectivity index (χ0n) is 9.46. The van der Waals surface area contributed by atoms with Crippen LogP contribution in [0.4, 0.5) is 0 Å². The molecular formula is C11H17AsO4. The van der Waals surface area contributed by atoms with Crippen molar-refractivity contribution in [3.05, 3.63) is 24.3 Å². The summed E-state index contributed by atoms with van der Waals surface area (Å²) in [5, 5.41) is 0. The van der Waals surface area contributed by atoms with E-state index in [9.17, 15) is 3.74 Å². The molecule has 5 heteroatoms. The van der Waals surface area contributed by atoms with Gasteiger partial charge >= 0.3 is 98.0 Å². The SMILES string of the molecule is CC(C)CCOc1ccc([As](=O)(O)O)cc1. The first-order valence-electron chi connectivity index (χ1n) is 5.18. The Labute approximate surface area is 98.3 Å². The van der Waals surface area contributed by atoms with Crippen LogP contribution in [0, 0.1) is 5.92 Å². The van der Waals surface area contributed by atoms with Crippen LogP contribution in [-0.2, 0) is 3.74 Å². The van der Waals surface area contributed by atoms with Crippen molar-refractivity contribution in [2.24, 2.45) is 5.92 Å². The predicted molar refractivity (Wildman–Crippen MR) is 61.9 cm³/mol. The molecule has 0 fully saturated rings. The molecule has 0 radical (unpaired) electrons. The fourth-order valence-corrected chi connectivity index (χ4v) is 2.28. The fourth-order valence-electron chi connectivity index (χ4n) is 1.15. The van der Waals surface area contributed by atoms with Crippen LogP contribution in [-0.4, -0.2) is 29.0 Å². The summed E-state index contributed by atoms with van der Waals surface area (Å²) in [6.45, 7) is 4.85. The molecule has 0 unspecified atom stereocenters. The summed E-state index contributed by atoms with van der Waals surface area (Å²) in [4.78, 5) is 0. The fraction of sp³-hybridized carbons (Fsp3) is 0.455. The molecule has 0 saturated carbocycles. The molecule has 1 aromatic carbocycles. The van der Waals surface area contributed by atoms with E-state index in [0.29, 0.717) is 18.3 Å². The van der Waals surface area contributed by atoms with Gasteiger partial charge in [0.15, 0.2) is 0 Å². The maximum absolute atomic E-state index is 11.0. The van der Waals surface area contributed by atoms with Crippen molar-refractivity contribution in [2.45, 2.75) is 20.3 Å². The topological polar surface area (TPSA) is 66.8 Å². The van der Waals surface area contributed by atoms with Gasteiger partial charge in [-0.05, 0) is 0 Å². The van der Waals surface area contributed by atoms with Crippen molar-refractivity contribution >= 4 is 18.5 Å². The summed E-state index contributed by atoms with van der Waals surface area (Å²) < 4.78 is 34.4. The molecule has 0 spiro atoms. The Kier molecular flexibility index (Phi) is 4.66. The molecule has 16 heavy (non-hydrogen) atoms. The van der Waals surface area contributed by atoms with Gasteiger partial charge in [-0.1, -0.05) is 0 Å². The molecule has 0 heterocycles. The Hall–Kier alpha value is -0.702. The van der Waals surface area contributed by atoms with E-state index in [1.54, 1.807) is 12.1 Å². The van der Waals surface area contributed by atoms with E-state index in [1.165, 1.54) is 12.1 Å². The van der Waals surface area contributed by atoms with Gasteiger partial charge in [0.2, 0.25) is 0 Å². The third kappa shape index (κ3) is 4.43. The molecule has 0 amide bonds. The second kappa shape index (κ2) is 5.57. The molecule has 0 aliphatic rings. The van der Waals surface area contributed by atoms with Crippen molar-refractivity contribution < 1.29 is 16.7 Å². The molecule has 0 atom stereocenters. The van der Waals surface area contributed by atoms with Crippen LogP contribution in [0.2, 0.25) is 0 Å². The Morgan fingerprint density at radius 3 is 2.25 bits per heavy atom. The van der Waals surface area contributed by atoms with Crippen molar-refractivity contribution in [2.75, 3.05) is 6.61 Å². The molecule has 2 N–H and O–H groups in total. The van der Waals surface area contributed by atoms with E-state index in [0.717, 1.165) is 6.42 Å². The summed E-state index contributed by atoms with van der Waals surface area (Å²) >= 11 is -4.74. The van der Waals surface area contributed by atoms with E-state index in [2.05, 4.69) is 13.8 Å². The standard InChI is InChI=1S/C11H17AsO4/c1-9(2)7-8-16-11-5-3-10(4-6-11)12(13,14)15/h3-6,9H,7-8H2,1-2H3,(H2,13,14,15). The van der Waals surface area contributed by atoms with Gasteiger partial charge in [-0.25, -0.2) is 0 Å². The first-order valence-corrected chi connectivity index (χ1v) is 8.57. The van der Waals surface area contributed by atoms with Gasteiger partial charge in [0.05, 0.1) is 0 Å². The van der Waals surface area contributed by atoms with Crippen LogP contribution in [0.5, 0.6) is 5.75 Å². The Morgan fingerprint density at radius 1 is 1.25 bits per heavy atom. The van der Waals surface area contributed by atoms with Crippen LogP contribution in [0.3, 0.4) is 0 Å². The summed E-state index contributed by atoms with van der Waals surface area (Å²) in [7, 11) is 0. The second-order valence-corrected chi connectivity index (χ2v) is 7.44. The number of hydrogen-bond donors (Lipinski definition) is 2. The Bertz CT molecular complexity index is 366. The number of rotatable bonds is 5. The first-order chi connectivity index (χ1) is 7.39. The van der Waals surface area contributed by atoms with E-state index in [1.807, 2.05) is 0 Å². The van der Waals surface area contributed by atoms with Crippen molar-refractivity contribution in [3.8, 4) is 5.75 Å². The van der Waals surface area contributed by atoms with Crippen LogP contribution in [0.15, 0.2) is 24.3 Å². The molecule has 0 aliphatic heterocycles. The normalized spacial score (nSPS) is 11.8. The van der Waals surface area contributed by atoms with E-state index in [-0.39, 0.29) is 4.35 Å². The first kappa shape index (κ1) is 13.4. The van der Waals surface area contributed by atoms with Crippen LogP contribution < -0.4 is 9.09 Å². The van der Waals surface area contributed by atoms with Gasteiger partial charge in [0.1, 0.15) is 0 Å². The molecular weight excluding hydrogens is 271 g/mol. The second-order valence-electron chi connectivity index (χ2n) is 4.07. The molecule has 1 aromatic rings. The average molecular weight is 288 g/mol. The maximum atomic E-state index is 11.0. The molecule has 0 saturated heterocycles. The van der Waals surface area contributed by atoms with Gasteiger partial charge in [-0.15, -0.1) is 0 Å². The predicted octanol–water partition coefficient (Wildman–Crippen LogP) is 0.672. The van der Waals surface area contributed by atoms with Crippen LogP contribution in [0.1, 0.15) is 20.3 Å². The zero-order valence-corrected chi connectivity index (χ0v) is 11.3. The quantitative estimate of drug-likeness (QED) is 0.782. The monoisotopic (exact) mass is 288 g/mol. The van der Waals surface area contributed by atoms with Crippen molar-refractivity contribution in [1.82, 2.24) is 0 Å². The number of ether oxygens (including phenoxy) is 1. The third-order valence-electron chi connectivity index (χ3n) is 2.14. The molecule has 0 aromatic heterocycles. The summed E-state index contributed by atoms with van der Waals surface area (Å²) in [6, 6.07) is 6.03. The van der Waals surface area contributed by atoms with Crippen molar-refractivity contribution in [1.29, 1.82) is 0 Å². The van der Waals surface area contributed by atoms with E-state index in [4.69, 9.17) is 12.9 Å². The summed E-state index contributed by atoms with van der Waals surface area (Å²) in [6.07, 6.45) is 0.962. The summed E-state index contributed by atoms with van der Waals surface area (Å²) in [5.74, 6) is 1.23. The molecule has 90 valence electrons. The van der Waals surface area contributed by atoms with Gasteiger partial charge in [0, 0.05) is 0 Å². The van der Waals surface area contributed by atoms with Crippen LogP contribution >= 0.6 is 0 Å². The molecule has 1 rings (SSSR count). The zero-order chi connectivity index (χ0) is 12.2. The van der Waals surface area contributed by atoms with E-state index < -0.39 is 14.2 Å². The summed E-state index contributed by atoms with van der Waals surface area (Å²) in [5.41, 5.74) is 0. The molecule has 0 aliphatic carbocycles. The molecule has 4 nitrogen and oxygen atoms in total. The minimum atomic E-state index is -4.74. The third-order valence-corrected chi connectivity index (χ3v) is 4.17. The number of benzene rings is 1. The van der Waals surface area contributed by atoms with Gasteiger partial charge in [-0.2, -0.15) is 0 Å². The molecule has 0 bridgehead atoms. The Morgan fingerprint density at radius 2 is 1.81 bits per heavy atom. The van der Waals surface area contributed by atoms with Crippen LogP contribution in [0.25, 0.3) is 0 Å². The van der Waals surface area contributed by atoms with Gasteiger partial charge < -0.3 is 0 Å². The van der Waals surface area contributed by atoms with Crippen molar-refractivity contribution in [3.63, 3.8) is 0 Å². The number of hydrogen-bond acceptors (Lipinski definition) is 2. The minimum absolute atomic E-state index is 0.0781.